The molecule has 2 aliphatic rings. The zero-order valence-electron chi connectivity index (χ0n) is 14.4. The lowest BCUT2D eigenvalue weighted by molar-refractivity contribution is -0.128. The molecule has 0 radical (unpaired) electrons. The van der Waals surface area contributed by atoms with Crippen molar-refractivity contribution >= 4 is 17.6 Å². The average Bonchev–Trinajstić information content (AvgIpc) is 2.93. The molecule has 2 aliphatic heterocycles. The van der Waals surface area contributed by atoms with E-state index in [2.05, 4.69) is 27.1 Å². The highest BCUT2D eigenvalue weighted by Gasteiger charge is 2.32. The van der Waals surface area contributed by atoms with Crippen molar-refractivity contribution in [3.05, 3.63) is 23.9 Å². The monoisotopic (exact) mass is 331 g/mol. The fourth-order valence-electron chi connectivity index (χ4n) is 3.24. The number of amides is 2. The van der Waals surface area contributed by atoms with Crippen molar-refractivity contribution in [1.82, 2.24) is 20.1 Å². The minimum atomic E-state index is -0.244. The molecule has 0 spiro atoms. The molecule has 2 amide bonds. The number of carbonyl (C=O) groups excluding carboxylic acids is 2. The van der Waals surface area contributed by atoms with Gasteiger partial charge in [-0.2, -0.15) is 0 Å². The van der Waals surface area contributed by atoms with E-state index in [1.807, 2.05) is 12.1 Å². The van der Waals surface area contributed by atoms with Gasteiger partial charge in [0.2, 0.25) is 11.8 Å². The number of nitrogens with zero attached hydrogens (tertiary/aromatic N) is 4. The van der Waals surface area contributed by atoms with Crippen LogP contribution in [0.4, 0.5) is 5.82 Å². The molecule has 1 aromatic heterocycles. The maximum atomic E-state index is 12.3. The van der Waals surface area contributed by atoms with Crippen LogP contribution in [0.2, 0.25) is 0 Å². The van der Waals surface area contributed by atoms with Crippen LogP contribution >= 0.6 is 0 Å². The topological polar surface area (TPSA) is 68.8 Å². The minimum Gasteiger partial charge on any atom is -0.354 e. The molecule has 7 heteroatoms. The van der Waals surface area contributed by atoms with Crippen molar-refractivity contribution in [2.24, 2.45) is 5.92 Å². The molecule has 24 heavy (non-hydrogen) atoms. The number of carbonyl (C=O) groups is 2. The smallest absolute Gasteiger partial charge is 0.225 e. The van der Waals surface area contributed by atoms with Crippen LogP contribution in [0.15, 0.2) is 18.3 Å². The van der Waals surface area contributed by atoms with E-state index in [4.69, 9.17) is 0 Å². The van der Waals surface area contributed by atoms with Gasteiger partial charge in [-0.3, -0.25) is 9.59 Å². The molecule has 1 aromatic rings. The van der Waals surface area contributed by atoms with Crippen LogP contribution in [-0.4, -0.2) is 73.4 Å². The van der Waals surface area contributed by atoms with Gasteiger partial charge < -0.3 is 20.0 Å². The zero-order chi connectivity index (χ0) is 17.1. The van der Waals surface area contributed by atoms with Crippen LogP contribution in [0.5, 0.6) is 0 Å². The summed E-state index contributed by atoms with van der Waals surface area (Å²) >= 11 is 0. The molecule has 0 unspecified atom stereocenters. The summed E-state index contributed by atoms with van der Waals surface area (Å²) in [7, 11) is 3.86. The number of hydrogen-bond acceptors (Lipinski definition) is 5. The van der Waals surface area contributed by atoms with Crippen LogP contribution in [0, 0.1) is 5.92 Å². The Balaban J connectivity index is 1.61. The zero-order valence-corrected chi connectivity index (χ0v) is 14.4. The summed E-state index contributed by atoms with van der Waals surface area (Å²) in [5, 5.41) is 2.98. The molecule has 2 saturated heterocycles. The summed E-state index contributed by atoms with van der Waals surface area (Å²) in [6, 6.07) is 3.90. The van der Waals surface area contributed by atoms with Gasteiger partial charge in [0.25, 0.3) is 0 Å². The molecule has 7 nitrogen and oxygen atoms in total. The molecule has 3 heterocycles. The van der Waals surface area contributed by atoms with Crippen LogP contribution in [0.25, 0.3) is 0 Å². The van der Waals surface area contributed by atoms with E-state index >= 15 is 0 Å². The highest BCUT2D eigenvalue weighted by atomic mass is 16.2. The average molecular weight is 331 g/mol. The van der Waals surface area contributed by atoms with Crippen molar-refractivity contribution in [3.8, 4) is 0 Å². The molecular weight excluding hydrogens is 306 g/mol. The van der Waals surface area contributed by atoms with Gasteiger partial charge in [0.15, 0.2) is 0 Å². The summed E-state index contributed by atoms with van der Waals surface area (Å²) in [5.41, 5.74) is 1.02. The van der Waals surface area contributed by atoms with Crippen molar-refractivity contribution in [1.29, 1.82) is 0 Å². The van der Waals surface area contributed by atoms with Crippen LogP contribution in [0.3, 0.4) is 0 Å². The number of likely N-dealkylation sites (tertiary alicyclic amines) is 1. The van der Waals surface area contributed by atoms with E-state index in [-0.39, 0.29) is 17.7 Å². The van der Waals surface area contributed by atoms with Gasteiger partial charge in [-0.15, -0.1) is 0 Å². The van der Waals surface area contributed by atoms with E-state index in [0.717, 1.165) is 37.6 Å². The number of hydrogen-bond donors (Lipinski definition) is 1. The molecule has 0 aromatic carbocycles. The van der Waals surface area contributed by atoms with E-state index in [9.17, 15) is 9.59 Å². The Morgan fingerprint density at radius 3 is 2.71 bits per heavy atom. The molecule has 0 bridgehead atoms. The van der Waals surface area contributed by atoms with Crippen molar-refractivity contribution in [3.63, 3.8) is 0 Å². The normalized spacial score (nSPS) is 22.1. The predicted molar refractivity (Wildman–Crippen MR) is 91.5 cm³/mol. The standard InChI is InChI=1S/C17H25N5O2/c1-20-6-8-22(9-7-20)16-13(4-3-5-18-16)11-19-17(24)14-10-15(23)21(2)12-14/h3-5,14H,6-12H2,1-2H3,(H,19,24)/t14-/m1/s1. The summed E-state index contributed by atoms with van der Waals surface area (Å²) in [4.78, 5) is 34.6. The largest absolute Gasteiger partial charge is 0.354 e. The minimum absolute atomic E-state index is 0.0367. The Bertz CT molecular complexity index is 613. The summed E-state index contributed by atoms with van der Waals surface area (Å²) < 4.78 is 0. The fraction of sp³-hybridized carbons (Fsp3) is 0.588. The Labute approximate surface area is 142 Å². The van der Waals surface area contributed by atoms with Gasteiger partial charge in [-0.05, 0) is 13.1 Å². The molecule has 0 saturated carbocycles. The van der Waals surface area contributed by atoms with Crippen molar-refractivity contribution < 1.29 is 9.59 Å². The van der Waals surface area contributed by atoms with E-state index in [1.54, 1.807) is 18.1 Å². The number of piperazine rings is 1. The quantitative estimate of drug-likeness (QED) is 0.836. The Morgan fingerprint density at radius 1 is 1.29 bits per heavy atom. The van der Waals surface area contributed by atoms with Crippen molar-refractivity contribution in [2.45, 2.75) is 13.0 Å². The first-order valence-electron chi connectivity index (χ1n) is 8.43. The van der Waals surface area contributed by atoms with E-state index < -0.39 is 0 Å². The maximum Gasteiger partial charge on any atom is 0.225 e. The lowest BCUT2D eigenvalue weighted by Gasteiger charge is -2.34. The first kappa shape index (κ1) is 16.7. The van der Waals surface area contributed by atoms with E-state index in [1.165, 1.54) is 0 Å². The molecule has 0 aliphatic carbocycles. The first-order chi connectivity index (χ1) is 11.5. The predicted octanol–water partition coefficient (Wildman–Crippen LogP) is -0.0721. The second-order valence-electron chi connectivity index (χ2n) is 6.67. The number of nitrogens with one attached hydrogen (secondary N) is 1. The Morgan fingerprint density at radius 2 is 2.04 bits per heavy atom. The maximum absolute atomic E-state index is 12.3. The Kier molecular flexibility index (Phi) is 4.99. The van der Waals surface area contributed by atoms with Crippen LogP contribution in [-0.2, 0) is 16.1 Å². The summed E-state index contributed by atoms with van der Waals surface area (Å²) in [5.74, 6) is 0.687. The van der Waals surface area contributed by atoms with Gasteiger partial charge in [-0.25, -0.2) is 4.98 Å². The number of likely N-dealkylation sites (N-methyl/N-ethyl adjacent to an activating group) is 1. The highest BCUT2D eigenvalue weighted by Crippen LogP contribution is 2.20. The SMILES string of the molecule is CN1CCN(c2ncccc2CNC(=O)[C@@H]2CC(=O)N(C)C2)CC1. The highest BCUT2D eigenvalue weighted by molar-refractivity contribution is 5.89. The molecule has 130 valence electrons. The second kappa shape index (κ2) is 7.17. The number of pyridine rings is 1. The van der Waals surface area contributed by atoms with Gasteiger partial charge >= 0.3 is 0 Å². The fourth-order valence-corrected chi connectivity index (χ4v) is 3.24. The third-order valence-electron chi connectivity index (χ3n) is 4.84. The lowest BCUT2D eigenvalue weighted by Crippen LogP contribution is -2.45. The molecular formula is C17H25N5O2. The third kappa shape index (κ3) is 3.67. The molecule has 3 rings (SSSR count). The first-order valence-corrected chi connectivity index (χ1v) is 8.43. The number of anilines is 1. The van der Waals surface area contributed by atoms with Gasteiger partial charge in [0, 0.05) is 64.5 Å². The molecule has 1 atom stereocenters. The second-order valence-corrected chi connectivity index (χ2v) is 6.67. The van der Waals surface area contributed by atoms with Gasteiger partial charge in [-0.1, -0.05) is 6.07 Å². The third-order valence-corrected chi connectivity index (χ3v) is 4.84. The Hall–Kier alpha value is -2.15. The molecule has 2 fully saturated rings. The number of aromatic nitrogens is 1. The van der Waals surface area contributed by atoms with Gasteiger partial charge in [0.05, 0.1) is 5.92 Å². The number of rotatable bonds is 4. The van der Waals surface area contributed by atoms with Crippen LogP contribution in [0.1, 0.15) is 12.0 Å². The summed E-state index contributed by atoms with van der Waals surface area (Å²) in [6.07, 6.45) is 2.10. The van der Waals surface area contributed by atoms with Gasteiger partial charge in [0.1, 0.15) is 5.82 Å². The van der Waals surface area contributed by atoms with E-state index in [0.29, 0.717) is 19.5 Å². The van der Waals surface area contributed by atoms with Crippen LogP contribution < -0.4 is 10.2 Å². The summed E-state index contributed by atoms with van der Waals surface area (Å²) in [6.45, 7) is 4.86. The lowest BCUT2D eigenvalue weighted by atomic mass is 10.1. The van der Waals surface area contributed by atoms with Crippen molar-refractivity contribution in [2.75, 3.05) is 51.7 Å². The molecule has 1 N–H and O–H groups in total.